The summed E-state index contributed by atoms with van der Waals surface area (Å²) in [7, 11) is 0. The molecule has 158 valence electrons. The Labute approximate surface area is 168 Å². The maximum atomic E-state index is 14.5. The van der Waals surface area contributed by atoms with Crippen molar-refractivity contribution in [2.24, 2.45) is 5.41 Å². The Morgan fingerprint density at radius 2 is 1.75 bits per heavy atom. The molecule has 1 aliphatic heterocycles. The Morgan fingerprint density at radius 3 is 2.29 bits per heavy atom. The number of nitrogens with zero attached hydrogens (tertiary/aromatic N) is 2. The minimum absolute atomic E-state index is 0.0970. The standard InChI is InChI=1S/C20H28F4N2OS/c1-5-6-19(3,4)18(27)26-9-7-25(8-10-26)16-12-17(14(2)11-15(16)21)28-13-20(22,23)24/h11-12H,5-10,13H2,1-4H3. The number of benzene rings is 1. The second-order valence-corrected chi connectivity index (χ2v) is 8.90. The third-order valence-corrected chi connectivity index (χ3v) is 6.22. The van der Waals surface area contributed by atoms with Crippen LogP contribution in [-0.4, -0.2) is 48.9 Å². The average Bonchev–Trinajstić information content (AvgIpc) is 2.60. The normalized spacial score (nSPS) is 15.9. The van der Waals surface area contributed by atoms with Crippen molar-refractivity contribution >= 4 is 23.4 Å². The van der Waals surface area contributed by atoms with E-state index in [0.29, 0.717) is 54.1 Å². The molecular formula is C20H28F4N2OS. The van der Waals surface area contributed by atoms with E-state index in [1.807, 2.05) is 25.7 Å². The quantitative estimate of drug-likeness (QED) is 0.463. The number of anilines is 1. The number of hydrogen-bond donors (Lipinski definition) is 0. The van der Waals surface area contributed by atoms with Crippen LogP contribution in [0.4, 0.5) is 23.2 Å². The monoisotopic (exact) mass is 420 g/mol. The lowest BCUT2D eigenvalue weighted by atomic mass is 9.86. The number of hydrogen-bond acceptors (Lipinski definition) is 3. The van der Waals surface area contributed by atoms with Gasteiger partial charge in [-0.2, -0.15) is 13.2 Å². The molecule has 1 fully saturated rings. The van der Waals surface area contributed by atoms with Gasteiger partial charge in [0, 0.05) is 36.5 Å². The molecule has 3 nitrogen and oxygen atoms in total. The first kappa shape index (κ1) is 22.8. The van der Waals surface area contributed by atoms with Gasteiger partial charge in [-0.05, 0) is 31.0 Å². The molecule has 1 aromatic rings. The van der Waals surface area contributed by atoms with Crippen LogP contribution >= 0.6 is 11.8 Å². The third-order valence-electron chi connectivity index (χ3n) is 5.00. The molecule has 2 rings (SSSR count). The van der Waals surface area contributed by atoms with Gasteiger partial charge < -0.3 is 9.80 Å². The Bertz CT molecular complexity index is 698. The minimum atomic E-state index is -4.27. The predicted octanol–water partition coefficient (Wildman–Crippen LogP) is 5.26. The summed E-state index contributed by atoms with van der Waals surface area (Å²) < 4.78 is 52.1. The van der Waals surface area contributed by atoms with Crippen LogP contribution in [0.15, 0.2) is 17.0 Å². The first-order chi connectivity index (χ1) is 12.9. The van der Waals surface area contributed by atoms with Crippen LogP contribution in [0.1, 0.15) is 39.2 Å². The number of piperazine rings is 1. The summed E-state index contributed by atoms with van der Waals surface area (Å²) in [6.45, 7) is 9.40. The molecule has 1 aromatic carbocycles. The minimum Gasteiger partial charge on any atom is -0.366 e. The van der Waals surface area contributed by atoms with E-state index < -0.39 is 23.2 Å². The molecule has 0 radical (unpaired) electrons. The van der Waals surface area contributed by atoms with Gasteiger partial charge in [0.15, 0.2) is 0 Å². The van der Waals surface area contributed by atoms with E-state index in [2.05, 4.69) is 0 Å². The maximum Gasteiger partial charge on any atom is 0.398 e. The summed E-state index contributed by atoms with van der Waals surface area (Å²) in [5.41, 5.74) is 0.369. The number of halogens is 4. The molecule has 0 spiro atoms. The third kappa shape index (κ3) is 5.78. The van der Waals surface area contributed by atoms with Crippen LogP contribution in [-0.2, 0) is 4.79 Å². The number of amides is 1. The van der Waals surface area contributed by atoms with E-state index in [1.54, 1.807) is 11.8 Å². The summed E-state index contributed by atoms with van der Waals surface area (Å²) in [6.07, 6.45) is -2.55. The highest BCUT2D eigenvalue weighted by Crippen LogP contribution is 2.34. The summed E-state index contributed by atoms with van der Waals surface area (Å²) in [6, 6.07) is 2.79. The van der Waals surface area contributed by atoms with Crippen molar-refractivity contribution in [1.29, 1.82) is 0 Å². The van der Waals surface area contributed by atoms with Gasteiger partial charge in [0.1, 0.15) is 5.82 Å². The molecule has 0 unspecified atom stereocenters. The summed E-state index contributed by atoms with van der Waals surface area (Å²) in [4.78, 5) is 16.8. The fourth-order valence-electron chi connectivity index (χ4n) is 3.51. The molecule has 0 bridgehead atoms. The van der Waals surface area contributed by atoms with Crippen LogP contribution in [0.25, 0.3) is 0 Å². The van der Waals surface area contributed by atoms with Gasteiger partial charge in [0.25, 0.3) is 0 Å². The highest BCUT2D eigenvalue weighted by molar-refractivity contribution is 7.99. The van der Waals surface area contributed by atoms with Crippen molar-refractivity contribution in [2.75, 3.05) is 36.8 Å². The lowest BCUT2D eigenvalue weighted by molar-refractivity contribution is -0.141. The molecule has 0 saturated carbocycles. The highest BCUT2D eigenvalue weighted by Gasteiger charge is 2.33. The van der Waals surface area contributed by atoms with Gasteiger partial charge in [-0.25, -0.2) is 4.39 Å². The van der Waals surface area contributed by atoms with Gasteiger partial charge in [0.05, 0.1) is 11.4 Å². The Hall–Kier alpha value is -1.44. The van der Waals surface area contributed by atoms with E-state index in [9.17, 15) is 22.4 Å². The van der Waals surface area contributed by atoms with E-state index >= 15 is 0 Å². The Balaban J connectivity index is 2.08. The zero-order chi connectivity index (χ0) is 21.1. The van der Waals surface area contributed by atoms with Gasteiger partial charge in [-0.1, -0.05) is 27.2 Å². The maximum absolute atomic E-state index is 14.5. The van der Waals surface area contributed by atoms with Crippen molar-refractivity contribution in [3.8, 4) is 0 Å². The van der Waals surface area contributed by atoms with E-state index in [1.165, 1.54) is 12.1 Å². The second-order valence-electron chi connectivity index (χ2n) is 7.89. The van der Waals surface area contributed by atoms with E-state index in [0.717, 1.165) is 12.8 Å². The molecule has 1 saturated heterocycles. The Kier molecular flexibility index (Phi) is 7.28. The molecule has 1 heterocycles. The van der Waals surface area contributed by atoms with Gasteiger partial charge in [-0.3, -0.25) is 4.79 Å². The molecule has 1 amide bonds. The largest absolute Gasteiger partial charge is 0.398 e. The molecule has 0 aromatic heterocycles. The first-order valence-corrected chi connectivity index (χ1v) is 10.5. The Morgan fingerprint density at radius 1 is 1.14 bits per heavy atom. The number of carbonyl (C=O) groups excluding carboxylic acids is 1. The smallest absolute Gasteiger partial charge is 0.366 e. The van der Waals surface area contributed by atoms with Crippen LogP contribution in [0.2, 0.25) is 0 Å². The lowest BCUT2D eigenvalue weighted by Gasteiger charge is -2.39. The molecule has 8 heteroatoms. The second kappa shape index (κ2) is 8.93. The van der Waals surface area contributed by atoms with E-state index in [4.69, 9.17) is 0 Å². The van der Waals surface area contributed by atoms with Crippen LogP contribution in [0.5, 0.6) is 0 Å². The van der Waals surface area contributed by atoms with Crippen molar-refractivity contribution < 1.29 is 22.4 Å². The first-order valence-electron chi connectivity index (χ1n) is 9.48. The van der Waals surface area contributed by atoms with Gasteiger partial charge in [-0.15, -0.1) is 11.8 Å². The zero-order valence-corrected chi connectivity index (χ0v) is 17.6. The topological polar surface area (TPSA) is 23.6 Å². The zero-order valence-electron chi connectivity index (χ0n) is 16.8. The van der Waals surface area contributed by atoms with Crippen molar-refractivity contribution in [3.63, 3.8) is 0 Å². The van der Waals surface area contributed by atoms with E-state index in [-0.39, 0.29) is 5.91 Å². The molecule has 28 heavy (non-hydrogen) atoms. The summed E-state index contributed by atoms with van der Waals surface area (Å²) in [5.74, 6) is -1.35. The molecule has 0 atom stereocenters. The fraction of sp³-hybridized carbons (Fsp3) is 0.650. The number of carbonyl (C=O) groups is 1. The summed E-state index contributed by atoms with van der Waals surface area (Å²) in [5, 5.41) is 0. The van der Waals surface area contributed by atoms with Crippen molar-refractivity contribution in [3.05, 3.63) is 23.5 Å². The van der Waals surface area contributed by atoms with Crippen LogP contribution in [0.3, 0.4) is 0 Å². The van der Waals surface area contributed by atoms with Crippen LogP contribution < -0.4 is 4.90 Å². The number of thioether (sulfide) groups is 1. The summed E-state index contributed by atoms with van der Waals surface area (Å²) >= 11 is 0.672. The van der Waals surface area contributed by atoms with Gasteiger partial charge >= 0.3 is 6.18 Å². The molecular weight excluding hydrogens is 392 g/mol. The average molecular weight is 421 g/mol. The lowest BCUT2D eigenvalue weighted by Crippen LogP contribution is -2.52. The molecule has 0 N–H and O–H groups in total. The number of rotatable bonds is 6. The van der Waals surface area contributed by atoms with Gasteiger partial charge in [0.2, 0.25) is 5.91 Å². The van der Waals surface area contributed by atoms with Crippen molar-refractivity contribution in [2.45, 2.75) is 51.6 Å². The molecule has 0 aliphatic carbocycles. The fourth-order valence-corrected chi connectivity index (χ4v) is 4.31. The SMILES string of the molecule is CCCC(C)(C)C(=O)N1CCN(c2cc(SCC(F)(F)F)c(C)cc2F)CC1. The van der Waals surface area contributed by atoms with Crippen molar-refractivity contribution in [1.82, 2.24) is 4.90 Å². The molecule has 1 aliphatic rings. The highest BCUT2D eigenvalue weighted by atomic mass is 32.2. The number of alkyl halides is 3. The van der Waals surface area contributed by atoms with Crippen LogP contribution in [0, 0.1) is 18.2 Å². The predicted molar refractivity (Wildman–Crippen MR) is 105 cm³/mol. The number of aryl methyl sites for hydroxylation is 1.